The average Bonchev–Trinajstić information content (AvgIpc) is 3.60. The molecule has 10 nitrogen and oxygen atoms in total. The van der Waals surface area contributed by atoms with Crippen LogP contribution in [0, 0.1) is 11.3 Å². The molecule has 0 saturated heterocycles. The third kappa shape index (κ3) is 5.19. The van der Waals surface area contributed by atoms with Crippen LogP contribution >= 0.6 is 0 Å². The summed E-state index contributed by atoms with van der Waals surface area (Å²) in [6, 6.07) is 20.9. The maximum absolute atomic E-state index is 12.7. The number of nitriles is 1. The molecule has 4 aromatic rings. The number of esters is 1. The van der Waals surface area contributed by atoms with Gasteiger partial charge in [-0.25, -0.2) is 4.79 Å². The van der Waals surface area contributed by atoms with Crippen LogP contribution in [-0.2, 0) is 9.53 Å². The normalized spacial score (nSPS) is 11.4. The Balaban J connectivity index is 1.40. The highest BCUT2D eigenvalue weighted by Crippen LogP contribution is 2.42. The second-order valence-electron chi connectivity index (χ2n) is 8.27. The number of benzene rings is 3. The summed E-state index contributed by atoms with van der Waals surface area (Å²) in [5.74, 6) is 1.12. The quantitative estimate of drug-likeness (QED) is 0.314. The molecular weight excluding hydrogens is 504 g/mol. The number of nitrogens with one attached hydrogen (secondary N) is 1. The summed E-state index contributed by atoms with van der Waals surface area (Å²) in [6.07, 6.45) is 0. The van der Waals surface area contributed by atoms with Crippen LogP contribution in [0.5, 0.6) is 23.0 Å². The first-order valence-electron chi connectivity index (χ1n) is 11.7. The van der Waals surface area contributed by atoms with Crippen molar-refractivity contribution in [3.63, 3.8) is 0 Å². The van der Waals surface area contributed by atoms with Gasteiger partial charge in [-0.2, -0.15) is 5.26 Å². The molecule has 0 atom stereocenters. The number of fused-ring (bicyclic) bond motifs is 1. The lowest BCUT2D eigenvalue weighted by atomic mass is 9.98. The fourth-order valence-corrected chi connectivity index (χ4v) is 4.01. The first-order valence-corrected chi connectivity index (χ1v) is 11.7. The van der Waals surface area contributed by atoms with Crippen molar-refractivity contribution in [1.29, 1.82) is 5.26 Å². The van der Waals surface area contributed by atoms with Gasteiger partial charge in [-0.15, -0.1) is 0 Å². The van der Waals surface area contributed by atoms with Crippen molar-refractivity contribution in [2.45, 2.75) is 0 Å². The largest absolute Gasteiger partial charge is 0.497 e. The molecule has 2 heterocycles. The summed E-state index contributed by atoms with van der Waals surface area (Å²) >= 11 is 0. The van der Waals surface area contributed by atoms with Gasteiger partial charge in [0.2, 0.25) is 12.7 Å². The van der Waals surface area contributed by atoms with Crippen molar-refractivity contribution in [1.82, 2.24) is 0 Å². The van der Waals surface area contributed by atoms with E-state index in [2.05, 4.69) is 11.4 Å². The van der Waals surface area contributed by atoms with E-state index in [4.69, 9.17) is 28.1 Å². The number of carbonyl (C=O) groups excluding carboxylic acids is 2. The topological polar surface area (TPSA) is 129 Å². The van der Waals surface area contributed by atoms with Crippen molar-refractivity contribution < 1.29 is 37.7 Å². The fraction of sp³-hybridized carbons (Fsp3) is 0.138. The number of carbonyl (C=O) groups is 2. The highest BCUT2D eigenvalue weighted by atomic mass is 16.7. The van der Waals surface area contributed by atoms with E-state index < -0.39 is 18.5 Å². The Bertz CT molecular complexity index is 1570. The van der Waals surface area contributed by atoms with Gasteiger partial charge in [0.15, 0.2) is 18.1 Å². The Kier molecular flexibility index (Phi) is 7.05. The van der Waals surface area contributed by atoms with Crippen LogP contribution in [-0.4, -0.2) is 39.5 Å². The molecule has 1 aromatic heterocycles. The molecule has 3 aromatic carbocycles. The van der Waals surface area contributed by atoms with Crippen molar-refractivity contribution in [2.75, 3.05) is 32.9 Å². The van der Waals surface area contributed by atoms with Crippen LogP contribution in [0.4, 0.5) is 5.88 Å². The molecule has 196 valence electrons. The van der Waals surface area contributed by atoms with Crippen LogP contribution in [0.2, 0.25) is 0 Å². The van der Waals surface area contributed by atoms with Gasteiger partial charge >= 0.3 is 5.97 Å². The van der Waals surface area contributed by atoms with E-state index in [0.717, 1.165) is 0 Å². The first kappa shape index (κ1) is 25.2. The van der Waals surface area contributed by atoms with Crippen molar-refractivity contribution >= 4 is 17.8 Å². The predicted molar refractivity (Wildman–Crippen MR) is 139 cm³/mol. The van der Waals surface area contributed by atoms with Gasteiger partial charge in [-0.05, 0) is 60.2 Å². The van der Waals surface area contributed by atoms with Gasteiger partial charge in [0.25, 0.3) is 5.91 Å². The number of furan rings is 1. The van der Waals surface area contributed by atoms with Crippen LogP contribution in [0.3, 0.4) is 0 Å². The zero-order valence-corrected chi connectivity index (χ0v) is 21.0. The molecule has 1 amide bonds. The summed E-state index contributed by atoms with van der Waals surface area (Å²) in [7, 11) is 3.12. The van der Waals surface area contributed by atoms with E-state index in [9.17, 15) is 14.9 Å². The van der Waals surface area contributed by atoms with Crippen LogP contribution in [0.1, 0.15) is 15.9 Å². The second kappa shape index (κ2) is 10.9. The average molecular weight is 527 g/mol. The maximum atomic E-state index is 12.7. The first-order chi connectivity index (χ1) is 19.0. The lowest BCUT2D eigenvalue weighted by Crippen LogP contribution is -2.21. The Morgan fingerprint density at radius 1 is 0.897 bits per heavy atom. The molecule has 0 saturated carbocycles. The SMILES string of the molecule is COc1ccc(-c2oc(NC(=O)COC(=O)c3ccc4c(c3)OCO4)c(C#N)c2-c2ccc(OC)cc2)cc1. The highest BCUT2D eigenvalue weighted by Gasteiger charge is 2.25. The lowest BCUT2D eigenvalue weighted by molar-refractivity contribution is -0.119. The Morgan fingerprint density at radius 2 is 1.54 bits per heavy atom. The number of hydrogen-bond acceptors (Lipinski definition) is 9. The number of amides is 1. The molecule has 0 aliphatic carbocycles. The second-order valence-corrected chi connectivity index (χ2v) is 8.27. The molecule has 1 aliphatic heterocycles. The van der Waals surface area contributed by atoms with E-state index >= 15 is 0 Å². The molecule has 0 fully saturated rings. The van der Waals surface area contributed by atoms with Crippen molar-refractivity contribution in [2.24, 2.45) is 0 Å². The van der Waals surface area contributed by atoms with Gasteiger partial charge in [-0.3, -0.25) is 10.1 Å². The Labute approximate surface area is 223 Å². The van der Waals surface area contributed by atoms with Crippen molar-refractivity contribution in [3.05, 3.63) is 77.9 Å². The van der Waals surface area contributed by atoms with E-state index in [1.807, 2.05) is 0 Å². The van der Waals surface area contributed by atoms with Crippen LogP contribution < -0.4 is 24.3 Å². The van der Waals surface area contributed by atoms with Gasteiger partial charge < -0.3 is 28.1 Å². The molecule has 1 N–H and O–H groups in total. The summed E-state index contributed by atoms with van der Waals surface area (Å²) in [5, 5.41) is 12.6. The minimum absolute atomic E-state index is 0.0671. The fourth-order valence-electron chi connectivity index (χ4n) is 4.01. The summed E-state index contributed by atoms with van der Waals surface area (Å²) in [4.78, 5) is 25.2. The molecule has 0 unspecified atom stereocenters. The molecule has 5 rings (SSSR count). The third-order valence-corrected chi connectivity index (χ3v) is 5.95. The van der Waals surface area contributed by atoms with Crippen LogP contribution in [0.25, 0.3) is 22.5 Å². The van der Waals surface area contributed by atoms with Crippen molar-refractivity contribution in [3.8, 4) is 51.5 Å². The van der Waals surface area contributed by atoms with Crippen LogP contribution in [0.15, 0.2) is 71.1 Å². The summed E-state index contributed by atoms with van der Waals surface area (Å²) in [6.45, 7) is -0.535. The van der Waals surface area contributed by atoms with E-state index in [1.165, 1.54) is 12.1 Å². The monoisotopic (exact) mass is 526 g/mol. The number of hydrogen-bond donors (Lipinski definition) is 1. The van der Waals surface area contributed by atoms with Gasteiger partial charge in [0.05, 0.1) is 19.8 Å². The highest BCUT2D eigenvalue weighted by molar-refractivity contribution is 5.98. The molecule has 0 radical (unpaired) electrons. The Hall–Kier alpha value is -5.43. The number of methoxy groups -OCH3 is 2. The minimum Gasteiger partial charge on any atom is -0.497 e. The number of anilines is 1. The predicted octanol–water partition coefficient (Wildman–Crippen LogP) is 5.03. The number of ether oxygens (including phenoxy) is 5. The zero-order chi connectivity index (χ0) is 27.4. The molecule has 0 spiro atoms. The van der Waals surface area contributed by atoms with Gasteiger partial charge in [-0.1, -0.05) is 12.1 Å². The smallest absolute Gasteiger partial charge is 0.338 e. The standard InChI is InChI=1S/C29H22N2O8/c1-34-20-8-3-17(4-9-20)26-22(14-30)28(39-27(26)18-5-10-21(35-2)11-6-18)31-25(32)15-36-29(33)19-7-12-23-24(13-19)38-16-37-23/h3-13H,15-16H2,1-2H3,(H,31,32). The van der Waals surface area contributed by atoms with E-state index in [1.54, 1.807) is 68.8 Å². The molecule has 39 heavy (non-hydrogen) atoms. The number of nitrogens with zero attached hydrogens (tertiary/aromatic N) is 1. The Morgan fingerprint density at radius 3 is 2.18 bits per heavy atom. The molecule has 1 aliphatic rings. The van der Waals surface area contributed by atoms with Gasteiger partial charge in [0.1, 0.15) is 28.9 Å². The summed E-state index contributed by atoms with van der Waals surface area (Å²) < 4.78 is 32.2. The summed E-state index contributed by atoms with van der Waals surface area (Å²) in [5.41, 5.74) is 2.13. The maximum Gasteiger partial charge on any atom is 0.338 e. The van der Waals surface area contributed by atoms with E-state index in [-0.39, 0.29) is 23.8 Å². The van der Waals surface area contributed by atoms with E-state index in [0.29, 0.717) is 45.4 Å². The molecule has 0 bridgehead atoms. The van der Waals surface area contributed by atoms with Gasteiger partial charge in [0, 0.05) is 11.1 Å². The molecular formula is C29H22N2O8. The lowest BCUT2D eigenvalue weighted by Gasteiger charge is -2.06. The third-order valence-electron chi connectivity index (χ3n) is 5.95. The molecule has 10 heteroatoms. The number of rotatable bonds is 8. The minimum atomic E-state index is -0.721. The zero-order valence-electron chi connectivity index (χ0n) is 21.0.